The van der Waals surface area contributed by atoms with Gasteiger partial charge in [0.15, 0.2) is 0 Å². The van der Waals surface area contributed by atoms with Crippen LogP contribution in [0.25, 0.3) is 0 Å². The van der Waals surface area contributed by atoms with Crippen molar-refractivity contribution in [1.29, 1.82) is 0 Å². The van der Waals surface area contributed by atoms with Crippen LogP contribution in [0.15, 0.2) is 23.3 Å². The summed E-state index contributed by atoms with van der Waals surface area (Å²) in [6.07, 6.45) is 4.19. The molecule has 0 spiro atoms. The second-order valence-corrected chi connectivity index (χ2v) is 2.39. The van der Waals surface area contributed by atoms with E-state index in [1.54, 1.807) is 19.1 Å². The molecule has 1 N–H and O–H groups in total. The summed E-state index contributed by atoms with van der Waals surface area (Å²) in [7, 11) is 0. The van der Waals surface area contributed by atoms with Crippen LogP contribution < -0.4 is 0 Å². The van der Waals surface area contributed by atoms with Crippen LogP contribution in [-0.2, 0) is 4.79 Å². The second kappa shape index (κ2) is 4.72. The van der Waals surface area contributed by atoms with Gasteiger partial charge >= 0.3 is 5.97 Å². The lowest BCUT2D eigenvalue weighted by Gasteiger charge is -1.95. The summed E-state index contributed by atoms with van der Waals surface area (Å²) in [6, 6.07) is 0. The lowest BCUT2D eigenvalue weighted by atomic mass is 10.1. The van der Waals surface area contributed by atoms with Gasteiger partial charge in [-0.2, -0.15) is 0 Å². The zero-order valence-corrected chi connectivity index (χ0v) is 7.22. The average Bonchev–Trinajstić information content (AvgIpc) is 1.99. The number of rotatable bonds is 3. The molecular weight excluding hydrogens is 140 g/mol. The molecule has 0 saturated carbocycles. The average molecular weight is 154 g/mol. The standard InChI is InChI=1S/C9H14O2/c1-4-7(3)6-8(5-2)9(10)11/h5-6H,4H2,1-3H3,(H,10,11)/b7-6+,8-5+. The zero-order valence-electron chi connectivity index (χ0n) is 7.22. The second-order valence-electron chi connectivity index (χ2n) is 2.39. The minimum absolute atomic E-state index is 0.365. The number of aliphatic carboxylic acids is 1. The molecule has 0 aromatic rings. The van der Waals surface area contributed by atoms with Crippen LogP contribution in [0.5, 0.6) is 0 Å². The monoisotopic (exact) mass is 154 g/mol. The molecule has 0 rings (SSSR count). The Balaban J connectivity index is 4.45. The van der Waals surface area contributed by atoms with Gasteiger partial charge in [0, 0.05) is 0 Å². The van der Waals surface area contributed by atoms with Gasteiger partial charge in [-0.15, -0.1) is 0 Å². The topological polar surface area (TPSA) is 37.3 Å². The number of carboxylic acid groups (broad SMARTS) is 1. The van der Waals surface area contributed by atoms with Crippen LogP contribution in [-0.4, -0.2) is 11.1 Å². The van der Waals surface area contributed by atoms with E-state index in [0.717, 1.165) is 12.0 Å². The molecule has 0 aliphatic rings. The van der Waals surface area contributed by atoms with E-state index in [2.05, 4.69) is 0 Å². The third-order valence-electron chi connectivity index (χ3n) is 1.52. The highest BCUT2D eigenvalue weighted by Gasteiger charge is 2.00. The molecule has 0 saturated heterocycles. The Bertz CT molecular complexity index is 200. The first-order valence-electron chi connectivity index (χ1n) is 3.68. The summed E-state index contributed by atoms with van der Waals surface area (Å²) in [5.41, 5.74) is 1.45. The Morgan fingerprint density at radius 1 is 1.55 bits per heavy atom. The number of carboxylic acids is 1. The third-order valence-corrected chi connectivity index (χ3v) is 1.52. The summed E-state index contributed by atoms with van der Waals surface area (Å²) in [6.45, 7) is 5.65. The summed E-state index contributed by atoms with van der Waals surface area (Å²) in [5.74, 6) is -0.861. The van der Waals surface area contributed by atoms with Crippen LogP contribution in [0.2, 0.25) is 0 Å². The number of carbonyl (C=O) groups is 1. The summed E-state index contributed by atoms with van der Waals surface area (Å²) in [5, 5.41) is 8.60. The first-order chi connectivity index (χ1) is 5.11. The van der Waals surface area contributed by atoms with Crippen LogP contribution in [0.1, 0.15) is 27.2 Å². The van der Waals surface area contributed by atoms with Crippen molar-refractivity contribution in [2.75, 3.05) is 0 Å². The van der Waals surface area contributed by atoms with Gasteiger partial charge in [0.05, 0.1) is 5.57 Å². The first kappa shape index (κ1) is 9.95. The maximum atomic E-state index is 10.5. The van der Waals surface area contributed by atoms with Gasteiger partial charge in [0.25, 0.3) is 0 Å². The van der Waals surface area contributed by atoms with Crippen molar-refractivity contribution in [3.05, 3.63) is 23.3 Å². The van der Waals surface area contributed by atoms with Gasteiger partial charge in [0.1, 0.15) is 0 Å². The molecule has 0 aromatic carbocycles. The summed E-state index contributed by atoms with van der Waals surface area (Å²) >= 11 is 0. The molecule has 11 heavy (non-hydrogen) atoms. The maximum Gasteiger partial charge on any atom is 0.335 e. The van der Waals surface area contributed by atoms with Crippen molar-refractivity contribution < 1.29 is 9.90 Å². The molecule has 0 heterocycles. The molecule has 62 valence electrons. The SMILES string of the molecule is C/C=C(\C=C(/C)CC)C(=O)O. The molecule has 0 aliphatic heterocycles. The van der Waals surface area contributed by atoms with Gasteiger partial charge in [-0.05, 0) is 26.3 Å². The minimum Gasteiger partial charge on any atom is -0.478 e. The zero-order chi connectivity index (χ0) is 8.85. The molecule has 0 unspecified atom stereocenters. The van der Waals surface area contributed by atoms with Gasteiger partial charge < -0.3 is 5.11 Å². The van der Waals surface area contributed by atoms with E-state index in [-0.39, 0.29) is 0 Å². The molecular formula is C9H14O2. The smallest absolute Gasteiger partial charge is 0.335 e. The van der Waals surface area contributed by atoms with Crippen LogP contribution in [0, 0.1) is 0 Å². The largest absolute Gasteiger partial charge is 0.478 e. The van der Waals surface area contributed by atoms with Gasteiger partial charge in [0.2, 0.25) is 0 Å². The van der Waals surface area contributed by atoms with Crippen LogP contribution in [0.3, 0.4) is 0 Å². The fourth-order valence-corrected chi connectivity index (χ4v) is 0.636. The predicted octanol–water partition coefficient (Wildman–Crippen LogP) is 2.37. The molecule has 0 bridgehead atoms. The number of hydrogen-bond donors (Lipinski definition) is 1. The molecule has 0 atom stereocenters. The van der Waals surface area contributed by atoms with E-state index >= 15 is 0 Å². The first-order valence-corrected chi connectivity index (χ1v) is 3.68. The van der Waals surface area contributed by atoms with Gasteiger partial charge in [-0.3, -0.25) is 0 Å². The van der Waals surface area contributed by atoms with Crippen molar-refractivity contribution in [2.24, 2.45) is 0 Å². The lowest BCUT2D eigenvalue weighted by Crippen LogP contribution is -1.97. The van der Waals surface area contributed by atoms with Crippen LogP contribution >= 0.6 is 0 Å². The predicted molar refractivity (Wildman–Crippen MR) is 45.4 cm³/mol. The summed E-state index contributed by atoms with van der Waals surface area (Å²) < 4.78 is 0. The maximum absolute atomic E-state index is 10.5. The summed E-state index contributed by atoms with van der Waals surface area (Å²) in [4.78, 5) is 10.5. The minimum atomic E-state index is -0.861. The van der Waals surface area contributed by atoms with E-state index in [4.69, 9.17) is 5.11 Å². The van der Waals surface area contributed by atoms with Crippen molar-refractivity contribution >= 4 is 5.97 Å². The molecule has 0 amide bonds. The van der Waals surface area contributed by atoms with Crippen molar-refractivity contribution in [3.63, 3.8) is 0 Å². The van der Waals surface area contributed by atoms with E-state index in [0.29, 0.717) is 5.57 Å². The Morgan fingerprint density at radius 3 is 2.36 bits per heavy atom. The van der Waals surface area contributed by atoms with Crippen molar-refractivity contribution in [1.82, 2.24) is 0 Å². The van der Waals surface area contributed by atoms with Crippen LogP contribution in [0.4, 0.5) is 0 Å². The Labute approximate surface area is 67.2 Å². The van der Waals surface area contributed by atoms with E-state index in [9.17, 15) is 4.79 Å². The normalized spacial score (nSPS) is 13.4. The van der Waals surface area contributed by atoms with Crippen molar-refractivity contribution in [3.8, 4) is 0 Å². The highest BCUT2D eigenvalue weighted by atomic mass is 16.4. The number of hydrogen-bond acceptors (Lipinski definition) is 1. The van der Waals surface area contributed by atoms with Gasteiger partial charge in [-0.1, -0.05) is 18.6 Å². The highest BCUT2D eigenvalue weighted by molar-refractivity contribution is 5.89. The van der Waals surface area contributed by atoms with E-state index in [1.165, 1.54) is 0 Å². The van der Waals surface area contributed by atoms with E-state index < -0.39 is 5.97 Å². The lowest BCUT2D eigenvalue weighted by molar-refractivity contribution is -0.132. The number of allylic oxidation sites excluding steroid dienone is 2. The molecule has 0 aromatic heterocycles. The quantitative estimate of drug-likeness (QED) is 0.500. The Hall–Kier alpha value is -1.05. The molecule has 0 aliphatic carbocycles. The third kappa shape index (κ3) is 3.61. The Morgan fingerprint density at radius 2 is 2.09 bits per heavy atom. The fraction of sp³-hybridized carbons (Fsp3) is 0.444. The fourth-order valence-electron chi connectivity index (χ4n) is 0.636. The molecule has 0 radical (unpaired) electrons. The molecule has 0 fully saturated rings. The Kier molecular flexibility index (Phi) is 4.27. The van der Waals surface area contributed by atoms with Gasteiger partial charge in [-0.25, -0.2) is 4.79 Å². The van der Waals surface area contributed by atoms with Crippen molar-refractivity contribution in [2.45, 2.75) is 27.2 Å². The highest BCUT2D eigenvalue weighted by Crippen LogP contribution is 2.05. The van der Waals surface area contributed by atoms with E-state index in [1.807, 2.05) is 13.8 Å². The molecule has 2 nitrogen and oxygen atoms in total. The molecule has 2 heteroatoms.